The minimum Gasteiger partial charge on any atom is -0.490 e. The first-order valence-corrected chi connectivity index (χ1v) is 10.1. The molecule has 2 aromatic carbocycles. The van der Waals surface area contributed by atoms with Crippen LogP contribution in [0.3, 0.4) is 0 Å². The molecule has 1 saturated heterocycles. The molecule has 0 aromatic heterocycles. The first kappa shape index (κ1) is 23.4. The van der Waals surface area contributed by atoms with E-state index >= 15 is 0 Å². The van der Waals surface area contributed by atoms with Crippen molar-refractivity contribution in [3.63, 3.8) is 0 Å². The van der Waals surface area contributed by atoms with Gasteiger partial charge in [0.1, 0.15) is 23.8 Å². The summed E-state index contributed by atoms with van der Waals surface area (Å²) in [7, 11) is 0. The first-order chi connectivity index (χ1) is 14.3. The number of benzene rings is 2. The van der Waals surface area contributed by atoms with E-state index in [0.717, 1.165) is 0 Å². The molecule has 2 aliphatic rings. The molecule has 0 radical (unpaired) electrons. The summed E-state index contributed by atoms with van der Waals surface area (Å²) in [6.45, 7) is 0.867. The Morgan fingerprint density at radius 2 is 1.94 bits per heavy atom. The fraction of sp³-hybridized carbons (Fsp3) is 0.381. The molecule has 2 aliphatic heterocycles. The Balaban J connectivity index is 0.00000272. The lowest BCUT2D eigenvalue weighted by atomic mass is 9.92. The van der Waals surface area contributed by atoms with Crippen LogP contribution in [0, 0.1) is 11.6 Å². The van der Waals surface area contributed by atoms with Crippen molar-refractivity contribution in [3.8, 4) is 5.75 Å². The van der Waals surface area contributed by atoms with Crippen LogP contribution in [0.5, 0.6) is 5.75 Å². The molecule has 0 aliphatic carbocycles. The van der Waals surface area contributed by atoms with Gasteiger partial charge in [0.2, 0.25) is 5.91 Å². The smallest absolute Gasteiger partial charge is 0.224 e. The summed E-state index contributed by atoms with van der Waals surface area (Å²) in [5.74, 6) is -1.01. The number of carbonyl (C=O) groups is 1. The zero-order valence-electron chi connectivity index (χ0n) is 16.6. The molecule has 31 heavy (non-hydrogen) atoms. The highest BCUT2D eigenvalue weighted by atomic mass is 35.5. The number of ether oxygens (including phenoxy) is 1. The molecule has 1 amide bonds. The molecule has 1 fully saturated rings. The summed E-state index contributed by atoms with van der Waals surface area (Å²) >= 11 is 5.81. The minimum absolute atomic E-state index is 0. The number of halogens is 4. The first-order valence-electron chi connectivity index (χ1n) is 9.72. The van der Waals surface area contributed by atoms with Crippen LogP contribution in [-0.4, -0.2) is 36.3 Å². The Hall–Kier alpha value is -2.29. The van der Waals surface area contributed by atoms with Crippen molar-refractivity contribution >= 4 is 47.0 Å². The van der Waals surface area contributed by atoms with Gasteiger partial charge in [-0.3, -0.25) is 4.79 Å². The average Bonchev–Trinajstić information content (AvgIpc) is 2.71. The number of nitrogen functional groups attached to an aromatic ring is 1. The predicted octanol–water partition coefficient (Wildman–Crippen LogP) is 3.92. The van der Waals surface area contributed by atoms with E-state index in [1.54, 1.807) is 12.1 Å². The SMILES string of the molecule is Cl.Nc1cc(OCC2(O)CCN(c3ccc(Cl)cc3F)CC2)c2c(c1F)NC(=O)CC2. The van der Waals surface area contributed by atoms with Crippen LogP contribution in [0.4, 0.5) is 25.8 Å². The molecule has 0 saturated carbocycles. The standard InChI is InChI=1S/C21H22ClF2N3O3.ClH/c22-12-1-3-16(14(23)9-12)27-7-5-21(29,6-8-27)11-30-17-10-15(25)19(24)20-13(17)2-4-18(28)26-20;/h1,3,9-10,29H,2,4-8,11,25H2,(H,26,28);1H. The van der Waals surface area contributed by atoms with Gasteiger partial charge in [-0.1, -0.05) is 11.6 Å². The quantitative estimate of drug-likeness (QED) is 0.585. The van der Waals surface area contributed by atoms with E-state index in [9.17, 15) is 18.7 Å². The van der Waals surface area contributed by atoms with Gasteiger partial charge in [0.05, 0.1) is 17.1 Å². The number of piperidine rings is 1. The Bertz CT molecular complexity index is 998. The fourth-order valence-electron chi connectivity index (χ4n) is 3.90. The van der Waals surface area contributed by atoms with Crippen LogP contribution < -0.4 is 20.7 Å². The highest BCUT2D eigenvalue weighted by Crippen LogP contribution is 2.38. The third-order valence-corrected chi connectivity index (χ3v) is 5.90. The summed E-state index contributed by atoms with van der Waals surface area (Å²) in [6, 6.07) is 5.90. The summed E-state index contributed by atoms with van der Waals surface area (Å²) < 4.78 is 34.3. The van der Waals surface area contributed by atoms with Crippen LogP contribution in [-0.2, 0) is 11.2 Å². The highest BCUT2D eigenvalue weighted by molar-refractivity contribution is 6.30. The lowest BCUT2D eigenvalue weighted by molar-refractivity contribution is -0.116. The van der Waals surface area contributed by atoms with Crippen LogP contribution in [0.2, 0.25) is 5.02 Å². The lowest BCUT2D eigenvalue weighted by Gasteiger charge is -2.39. The number of rotatable bonds is 4. The van der Waals surface area contributed by atoms with Gasteiger partial charge in [-0.2, -0.15) is 0 Å². The number of hydrogen-bond donors (Lipinski definition) is 3. The molecule has 0 bridgehead atoms. The summed E-state index contributed by atoms with van der Waals surface area (Å²) in [5, 5.41) is 13.8. The Morgan fingerprint density at radius 3 is 2.61 bits per heavy atom. The molecular weight excluding hydrogens is 451 g/mol. The molecule has 2 aromatic rings. The third-order valence-electron chi connectivity index (χ3n) is 5.67. The minimum atomic E-state index is -1.12. The predicted molar refractivity (Wildman–Crippen MR) is 118 cm³/mol. The molecule has 10 heteroatoms. The van der Waals surface area contributed by atoms with Crippen LogP contribution in [0.25, 0.3) is 0 Å². The number of carbonyl (C=O) groups excluding carboxylic acids is 1. The van der Waals surface area contributed by atoms with E-state index in [1.165, 1.54) is 12.1 Å². The Labute approximate surface area is 189 Å². The number of nitrogens with one attached hydrogen (secondary N) is 1. The van der Waals surface area contributed by atoms with E-state index in [2.05, 4.69) is 5.32 Å². The van der Waals surface area contributed by atoms with Gasteiger partial charge in [-0.05, 0) is 37.5 Å². The maximum atomic E-state index is 14.3. The van der Waals surface area contributed by atoms with Crippen LogP contribution in [0.1, 0.15) is 24.8 Å². The fourth-order valence-corrected chi connectivity index (χ4v) is 4.06. The number of fused-ring (bicyclic) bond motifs is 1. The summed E-state index contributed by atoms with van der Waals surface area (Å²) in [4.78, 5) is 13.5. The second-order valence-corrected chi connectivity index (χ2v) is 8.21. The maximum absolute atomic E-state index is 14.3. The second kappa shape index (κ2) is 9.06. The van der Waals surface area contributed by atoms with Crippen LogP contribution in [0.15, 0.2) is 24.3 Å². The normalized spacial score (nSPS) is 17.4. The molecule has 0 atom stereocenters. The van der Waals surface area contributed by atoms with Crippen molar-refractivity contribution in [2.75, 3.05) is 35.6 Å². The van der Waals surface area contributed by atoms with Crippen molar-refractivity contribution in [2.45, 2.75) is 31.3 Å². The lowest BCUT2D eigenvalue weighted by Crippen LogP contribution is -2.48. The van der Waals surface area contributed by atoms with Crippen LogP contribution >= 0.6 is 24.0 Å². The number of amides is 1. The van der Waals surface area contributed by atoms with Gasteiger partial charge >= 0.3 is 0 Å². The second-order valence-electron chi connectivity index (χ2n) is 7.78. The number of hydrogen-bond acceptors (Lipinski definition) is 5. The monoisotopic (exact) mass is 473 g/mol. The largest absolute Gasteiger partial charge is 0.490 e. The molecule has 0 unspecified atom stereocenters. The zero-order chi connectivity index (χ0) is 21.5. The average molecular weight is 474 g/mol. The van der Waals surface area contributed by atoms with Gasteiger partial charge in [-0.25, -0.2) is 8.78 Å². The van der Waals surface area contributed by atoms with Gasteiger partial charge in [-0.15, -0.1) is 12.4 Å². The third kappa shape index (κ3) is 4.81. The molecule has 168 valence electrons. The zero-order valence-corrected chi connectivity index (χ0v) is 18.2. The van der Waals surface area contributed by atoms with E-state index in [4.69, 9.17) is 22.1 Å². The number of nitrogens with zero attached hydrogens (tertiary/aromatic N) is 1. The molecule has 2 heterocycles. The summed E-state index contributed by atoms with van der Waals surface area (Å²) in [6.07, 6.45) is 1.28. The molecule has 4 N–H and O–H groups in total. The molecule has 4 rings (SSSR count). The van der Waals surface area contributed by atoms with Crippen molar-refractivity contribution < 1.29 is 23.4 Å². The van der Waals surface area contributed by atoms with Gasteiger partial charge < -0.3 is 25.8 Å². The topological polar surface area (TPSA) is 87.8 Å². The molecule has 6 nitrogen and oxygen atoms in total. The molecule has 0 spiro atoms. The van der Waals surface area contributed by atoms with E-state index in [0.29, 0.717) is 54.4 Å². The van der Waals surface area contributed by atoms with E-state index < -0.39 is 17.2 Å². The maximum Gasteiger partial charge on any atom is 0.224 e. The van der Waals surface area contributed by atoms with E-state index in [1.807, 2.05) is 4.90 Å². The summed E-state index contributed by atoms with van der Waals surface area (Å²) in [5.41, 5.74) is 5.49. The highest BCUT2D eigenvalue weighted by Gasteiger charge is 2.35. The van der Waals surface area contributed by atoms with E-state index in [-0.39, 0.29) is 42.7 Å². The van der Waals surface area contributed by atoms with Gasteiger partial charge in [0.15, 0.2) is 5.82 Å². The number of aliphatic hydroxyl groups is 1. The van der Waals surface area contributed by atoms with Gasteiger partial charge in [0, 0.05) is 36.2 Å². The van der Waals surface area contributed by atoms with Crippen molar-refractivity contribution in [1.82, 2.24) is 0 Å². The van der Waals surface area contributed by atoms with Crippen molar-refractivity contribution in [2.24, 2.45) is 0 Å². The Morgan fingerprint density at radius 1 is 1.23 bits per heavy atom. The van der Waals surface area contributed by atoms with Gasteiger partial charge in [0.25, 0.3) is 0 Å². The Kier molecular flexibility index (Phi) is 6.83. The number of anilines is 3. The van der Waals surface area contributed by atoms with Crippen molar-refractivity contribution in [3.05, 3.63) is 46.5 Å². The molecular formula is C21H23Cl2F2N3O3. The van der Waals surface area contributed by atoms with Crippen molar-refractivity contribution in [1.29, 1.82) is 0 Å². The number of nitrogens with two attached hydrogens (primary N) is 1.